The molecule has 0 aliphatic carbocycles. The molecule has 166 valence electrons. The van der Waals surface area contributed by atoms with Crippen LogP contribution in [0.15, 0.2) is 41.5 Å². The number of halogens is 1. The Morgan fingerprint density at radius 3 is 2.58 bits per heavy atom. The summed E-state index contributed by atoms with van der Waals surface area (Å²) in [6.45, 7) is 8.31. The van der Waals surface area contributed by atoms with E-state index in [0.717, 1.165) is 21.1 Å². The SMILES string of the molecule is CCOc1cc(C=NNC(=O)CC(=O)Nc2ccccc2CC)cc(I)c1OC(C)C. The number of rotatable bonds is 10. The summed E-state index contributed by atoms with van der Waals surface area (Å²) in [6, 6.07) is 11.2. The first-order chi connectivity index (χ1) is 14.8. The second-order valence-corrected chi connectivity index (χ2v) is 8.12. The van der Waals surface area contributed by atoms with Crippen LogP contribution >= 0.6 is 22.6 Å². The molecule has 2 N–H and O–H groups in total. The first kappa shape index (κ1) is 24.6. The van der Waals surface area contributed by atoms with E-state index >= 15 is 0 Å². The molecule has 0 aromatic heterocycles. The summed E-state index contributed by atoms with van der Waals surface area (Å²) in [6.07, 6.45) is 1.99. The van der Waals surface area contributed by atoms with Gasteiger partial charge in [0.1, 0.15) is 6.42 Å². The van der Waals surface area contributed by atoms with Gasteiger partial charge in [-0.15, -0.1) is 0 Å². The molecule has 2 amide bonds. The van der Waals surface area contributed by atoms with E-state index in [-0.39, 0.29) is 12.5 Å². The molecule has 0 saturated heterocycles. The van der Waals surface area contributed by atoms with E-state index < -0.39 is 11.8 Å². The van der Waals surface area contributed by atoms with E-state index in [1.165, 1.54) is 6.21 Å². The molecule has 0 aliphatic heterocycles. The molecular weight excluding hydrogens is 509 g/mol. The molecule has 0 radical (unpaired) electrons. The van der Waals surface area contributed by atoms with Gasteiger partial charge in [0, 0.05) is 5.69 Å². The van der Waals surface area contributed by atoms with Gasteiger partial charge >= 0.3 is 0 Å². The fourth-order valence-corrected chi connectivity index (χ4v) is 3.54. The van der Waals surface area contributed by atoms with Gasteiger partial charge in [0.15, 0.2) is 11.5 Å². The number of para-hydroxylation sites is 1. The van der Waals surface area contributed by atoms with Gasteiger partial charge in [-0.25, -0.2) is 5.43 Å². The summed E-state index contributed by atoms with van der Waals surface area (Å²) in [7, 11) is 0. The molecule has 2 rings (SSSR count). The third-order valence-corrected chi connectivity index (χ3v) is 4.88. The smallest absolute Gasteiger partial charge is 0.249 e. The normalized spacial score (nSPS) is 10.9. The van der Waals surface area contributed by atoms with Crippen molar-refractivity contribution in [2.24, 2.45) is 5.10 Å². The lowest BCUT2D eigenvalue weighted by atomic mass is 10.1. The Morgan fingerprint density at radius 2 is 1.90 bits per heavy atom. The van der Waals surface area contributed by atoms with Crippen molar-refractivity contribution in [3.05, 3.63) is 51.1 Å². The van der Waals surface area contributed by atoms with Gasteiger partial charge in [-0.05, 0) is 79.1 Å². The maximum absolute atomic E-state index is 12.2. The van der Waals surface area contributed by atoms with Gasteiger partial charge < -0.3 is 14.8 Å². The molecule has 0 fully saturated rings. The number of nitrogens with zero attached hydrogens (tertiary/aromatic N) is 1. The molecule has 0 spiro atoms. The first-order valence-corrected chi connectivity index (χ1v) is 11.2. The Kier molecular flexibility index (Phi) is 9.77. The second-order valence-electron chi connectivity index (χ2n) is 6.96. The number of hydrazone groups is 1. The predicted octanol–water partition coefficient (Wildman–Crippen LogP) is 4.52. The van der Waals surface area contributed by atoms with Gasteiger partial charge in [-0.1, -0.05) is 25.1 Å². The van der Waals surface area contributed by atoms with Gasteiger partial charge in [0.05, 0.1) is 22.5 Å². The van der Waals surface area contributed by atoms with Crippen LogP contribution in [-0.4, -0.2) is 30.7 Å². The maximum Gasteiger partial charge on any atom is 0.249 e. The van der Waals surface area contributed by atoms with E-state index in [1.807, 2.05) is 58.0 Å². The van der Waals surface area contributed by atoms with Crippen molar-refractivity contribution in [1.29, 1.82) is 0 Å². The summed E-state index contributed by atoms with van der Waals surface area (Å²) in [5.74, 6) is 0.409. The third-order valence-electron chi connectivity index (χ3n) is 4.08. The lowest BCUT2D eigenvalue weighted by Crippen LogP contribution is -2.25. The van der Waals surface area contributed by atoms with Gasteiger partial charge in [-0.3, -0.25) is 9.59 Å². The van der Waals surface area contributed by atoms with Crippen LogP contribution in [0.4, 0.5) is 5.69 Å². The largest absolute Gasteiger partial charge is 0.490 e. The molecule has 31 heavy (non-hydrogen) atoms. The van der Waals surface area contributed by atoms with Crippen molar-refractivity contribution in [1.82, 2.24) is 5.43 Å². The molecule has 2 aromatic rings. The highest BCUT2D eigenvalue weighted by Gasteiger charge is 2.14. The highest BCUT2D eigenvalue weighted by Crippen LogP contribution is 2.34. The summed E-state index contributed by atoms with van der Waals surface area (Å²) in [4.78, 5) is 24.2. The van der Waals surface area contributed by atoms with Gasteiger partial charge in [-0.2, -0.15) is 5.10 Å². The fourth-order valence-electron chi connectivity index (χ4n) is 2.78. The lowest BCUT2D eigenvalue weighted by Gasteiger charge is -2.16. The molecule has 7 nitrogen and oxygen atoms in total. The van der Waals surface area contributed by atoms with E-state index in [4.69, 9.17) is 9.47 Å². The Morgan fingerprint density at radius 1 is 1.16 bits per heavy atom. The topological polar surface area (TPSA) is 89.0 Å². The number of anilines is 1. The first-order valence-electron chi connectivity index (χ1n) is 10.2. The van der Waals surface area contributed by atoms with Crippen molar-refractivity contribution in [2.45, 2.75) is 46.6 Å². The molecule has 0 bridgehead atoms. The van der Waals surface area contributed by atoms with Crippen molar-refractivity contribution in [3.63, 3.8) is 0 Å². The van der Waals surface area contributed by atoms with Crippen LogP contribution in [-0.2, 0) is 16.0 Å². The Hall–Kier alpha value is -2.62. The van der Waals surface area contributed by atoms with Crippen LogP contribution in [0.1, 0.15) is 45.2 Å². The lowest BCUT2D eigenvalue weighted by molar-refractivity contribution is -0.126. The average Bonchev–Trinajstić information content (AvgIpc) is 2.71. The molecule has 8 heteroatoms. The Balaban J connectivity index is 1.98. The minimum atomic E-state index is -0.498. The number of nitrogens with one attached hydrogen (secondary N) is 2. The quantitative estimate of drug-likeness (QED) is 0.202. The number of amides is 2. The minimum Gasteiger partial charge on any atom is -0.490 e. The molecule has 0 atom stereocenters. The average molecular weight is 537 g/mol. The van der Waals surface area contributed by atoms with Gasteiger partial charge in [0.25, 0.3) is 0 Å². The third kappa shape index (κ3) is 7.86. The van der Waals surface area contributed by atoms with Crippen LogP contribution in [0, 0.1) is 3.57 Å². The van der Waals surface area contributed by atoms with Crippen molar-refractivity contribution < 1.29 is 19.1 Å². The highest BCUT2D eigenvalue weighted by atomic mass is 127. The predicted molar refractivity (Wildman–Crippen MR) is 131 cm³/mol. The number of carbonyl (C=O) groups excluding carboxylic acids is 2. The Bertz CT molecular complexity index is 944. The number of benzene rings is 2. The van der Waals surface area contributed by atoms with E-state index in [2.05, 4.69) is 38.4 Å². The molecular formula is C23H28IN3O4. The zero-order valence-electron chi connectivity index (χ0n) is 18.2. The van der Waals surface area contributed by atoms with Crippen LogP contribution in [0.3, 0.4) is 0 Å². The monoisotopic (exact) mass is 537 g/mol. The number of hydrogen-bond acceptors (Lipinski definition) is 5. The number of carbonyl (C=O) groups is 2. The summed E-state index contributed by atoms with van der Waals surface area (Å²) >= 11 is 2.18. The van der Waals surface area contributed by atoms with E-state index in [1.54, 1.807) is 6.07 Å². The zero-order valence-corrected chi connectivity index (χ0v) is 20.4. The number of hydrogen-bond donors (Lipinski definition) is 2. The van der Waals surface area contributed by atoms with Crippen LogP contribution < -0.4 is 20.2 Å². The summed E-state index contributed by atoms with van der Waals surface area (Å²) in [5.41, 5.74) is 4.86. The standard InChI is InChI=1S/C23H28IN3O4/c1-5-17-9-7-8-10-19(17)26-21(28)13-22(29)27-25-14-16-11-18(24)23(31-15(3)4)20(12-16)30-6-2/h7-12,14-15H,5-6,13H2,1-4H3,(H,26,28)(H,27,29). The minimum absolute atomic E-state index is 0.0157. The van der Waals surface area contributed by atoms with Crippen molar-refractivity contribution in [3.8, 4) is 11.5 Å². The second kappa shape index (κ2) is 12.3. The molecule has 2 aromatic carbocycles. The van der Waals surface area contributed by atoms with E-state index in [0.29, 0.717) is 23.8 Å². The zero-order chi connectivity index (χ0) is 22.8. The molecule has 0 unspecified atom stereocenters. The van der Waals surface area contributed by atoms with Crippen LogP contribution in [0.25, 0.3) is 0 Å². The van der Waals surface area contributed by atoms with E-state index in [9.17, 15) is 9.59 Å². The van der Waals surface area contributed by atoms with Crippen molar-refractivity contribution >= 4 is 46.3 Å². The summed E-state index contributed by atoms with van der Waals surface area (Å²) < 4.78 is 12.4. The number of ether oxygens (including phenoxy) is 2. The highest BCUT2D eigenvalue weighted by molar-refractivity contribution is 14.1. The van der Waals surface area contributed by atoms with Crippen LogP contribution in [0.5, 0.6) is 11.5 Å². The fraction of sp³-hybridized carbons (Fsp3) is 0.348. The number of aryl methyl sites for hydroxylation is 1. The maximum atomic E-state index is 12.2. The molecule has 0 aliphatic rings. The van der Waals surface area contributed by atoms with Gasteiger partial charge in [0.2, 0.25) is 11.8 Å². The molecule has 0 heterocycles. The van der Waals surface area contributed by atoms with Crippen LogP contribution in [0.2, 0.25) is 0 Å². The summed E-state index contributed by atoms with van der Waals surface area (Å²) in [5, 5.41) is 6.73. The Labute approximate surface area is 196 Å². The molecule has 0 saturated carbocycles. The van der Waals surface area contributed by atoms with Crippen molar-refractivity contribution in [2.75, 3.05) is 11.9 Å².